The minimum Gasteiger partial charge on any atom is -0.0921 e. The van der Waals surface area contributed by atoms with Gasteiger partial charge in [0.05, 0.1) is 0 Å². The Bertz CT molecular complexity index is 64.6. The van der Waals surface area contributed by atoms with E-state index in [9.17, 15) is 4.57 Å². The third-order valence-corrected chi connectivity index (χ3v) is 2.10. The first-order chi connectivity index (χ1) is 2.64. The first-order valence-corrected chi connectivity index (χ1v) is 3.84. The molecule has 0 fully saturated rings. The molecule has 0 aliphatic heterocycles. The van der Waals surface area contributed by atoms with E-state index in [0.717, 1.165) is 0 Å². The van der Waals surface area contributed by atoms with Gasteiger partial charge in [0.2, 0.25) is 0 Å². The highest BCUT2D eigenvalue weighted by molar-refractivity contribution is 8.39. The molecule has 4 heteroatoms. The first-order valence-electron chi connectivity index (χ1n) is 1.48. The Balaban J connectivity index is 3.26. The van der Waals surface area contributed by atoms with Crippen LogP contribution in [0.1, 0.15) is 0 Å². The molecule has 0 rings (SSSR count). The molecule has 2 nitrogen and oxygen atoms in total. The van der Waals surface area contributed by atoms with E-state index in [0.29, 0.717) is 0 Å². The van der Waals surface area contributed by atoms with Crippen LogP contribution >= 0.6 is 19.4 Å². The molecule has 0 aromatic rings. The van der Waals surface area contributed by atoms with Crippen LogP contribution in [0.15, 0.2) is 0 Å². The maximum atomic E-state index is 10.1. The summed E-state index contributed by atoms with van der Waals surface area (Å²) in [4.78, 5) is 0. The third-order valence-electron chi connectivity index (χ3n) is 0.342. The lowest BCUT2D eigenvalue weighted by Gasteiger charge is -1.82. The lowest BCUT2D eigenvalue weighted by Crippen LogP contribution is -1.94. The van der Waals surface area contributed by atoms with Crippen LogP contribution in [0.25, 0.3) is 0 Å². The van der Waals surface area contributed by atoms with Crippen molar-refractivity contribution in [3.63, 3.8) is 0 Å². The Labute approximate surface area is 43.5 Å². The van der Waals surface area contributed by atoms with Gasteiger partial charge in [0.25, 0.3) is 0 Å². The van der Waals surface area contributed by atoms with Gasteiger partial charge in [-0.3, -0.25) is 0 Å². The number of rotatable bonds is 1. The van der Waals surface area contributed by atoms with Crippen LogP contribution in [0.3, 0.4) is 0 Å². The Morgan fingerprint density at radius 1 is 1.67 bits per heavy atom. The van der Waals surface area contributed by atoms with E-state index in [1.165, 1.54) is 0 Å². The lowest BCUT2D eigenvalue weighted by molar-refractivity contribution is 0.549. The lowest BCUT2D eigenvalue weighted by atomic mass is 11.3. The summed E-state index contributed by atoms with van der Waals surface area (Å²) < 4.78 is 11.6. The van der Waals surface area contributed by atoms with Crippen molar-refractivity contribution in [2.24, 2.45) is 0 Å². The van der Waals surface area contributed by atoms with Crippen molar-refractivity contribution in [2.45, 2.75) is 0 Å². The average Bonchev–Trinajstić information content (AvgIpc) is 1.36. The summed E-state index contributed by atoms with van der Waals surface area (Å²) in [6.07, 6.45) is 0. The topological polar surface area (TPSA) is 20.3 Å². The zero-order valence-electron chi connectivity index (χ0n) is 3.75. The van der Waals surface area contributed by atoms with E-state index in [-0.39, 0.29) is 0 Å². The zero-order valence-corrected chi connectivity index (χ0v) is 5.54. The van der Waals surface area contributed by atoms with Gasteiger partial charge in [-0.15, -0.1) is 0 Å². The van der Waals surface area contributed by atoms with Gasteiger partial charge in [-0.25, -0.2) is 0 Å². The van der Waals surface area contributed by atoms with Gasteiger partial charge < -0.3 is 0 Å². The smallest absolute Gasteiger partial charge is 0.0921 e. The fourth-order valence-corrected chi connectivity index (χ4v) is 0. The molecule has 0 N–H and O–H groups in total. The van der Waals surface area contributed by atoms with Crippen molar-refractivity contribution >= 4 is 19.4 Å². The highest BCUT2D eigenvalue weighted by Crippen LogP contribution is 2.26. The predicted molar refractivity (Wildman–Crippen MR) is 30.3 cm³/mol. The number of thiol groups is 1. The van der Waals surface area contributed by atoms with Crippen LogP contribution in [0.5, 0.6) is 0 Å². The third kappa shape index (κ3) is 2.64. The maximum Gasteiger partial charge on any atom is 0.506 e. The van der Waals surface area contributed by atoms with Crippen molar-refractivity contribution in [3.05, 3.63) is 0 Å². The van der Waals surface area contributed by atoms with E-state index in [1.54, 1.807) is 18.8 Å². The summed E-state index contributed by atoms with van der Waals surface area (Å²) in [6.45, 7) is 0. The SMILES string of the molecule is CN(C)[P+](=O)S. The summed E-state index contributed by atoms with van der Waals surface area (Å²) in [5.74, 6) is 0. The van der Waals surface area contributed by atoms with Crippen molar-refractivity contribution in [1.82, 2.24) is 4.67 Å². The van der Waals surface area contributed by atoms with Crippen molar-refractivity contribution < 1.29 is 4.57 Å². The fraction of sp³-hybridized carbons (Fsp3) is 1.00. The van der Waals surface area contributed by atoms with E-state index in [1.807, 2.05) is 0 Å². The molecule has 6 heavy (non-hydrogen) atoms. The summed E-state index contributed by atoms with van der Waals surface area (Å²) >= 11 is 3.63. The van der Waals surface area contributed by atoms with Gasteiger partial charge in [0, 0.05) is 14.1 Å². The minimum absolute atomic E-state index is 1.38. The summed E-state index contributed by atoms with van der Waals surface area (Å²) in [5, 5.41) is 0. The Morgan fingerprint density at radius 3 is 1.83 bits per heavy atom. The minimum atomic E-state index is -1.38. The average molecular weight is 124 g/mol. The van der Waals surface area contributed by atoms with E-state index in [4.69, 9.17) is 0 Å². The van der Waals surface area contributed by atoms with Crippen molar-refractivity contribution in [1.29, 1.82) is 0 Å². The van der Waals surface area contributed by atoms with Crippen LogP contribution in [0, 0.1) is 0 Å². The number of nitrogens with zero attached hydrogens (tertiary/aromatic N) is 1. The summed E-state index contributed by atoms with van der Waals surface area (Å²) in [6, 6.07) is 0. The summed E-state index contributed by atoms with van der Waals surface area (Å²) in [7, 11) is 2.05. The van der Waals surface area contributed by atoms with Crippen LogP contribution in [0.4, 0.5) is 0 Å². The molecule has 0 saturated carbocycles. The molecule has 0 aliphatic carbocycles. The molecular formula is C2H7NOPS+. The molecule has 0 aromatic carbocycles. The normalized spacial score (nSPS) is 12.3. The second kappa shape index (κ2) is 2.56. The standard InChI is InChI=1S/C2H6NOPS/c1-3(2)5(4)6/h1-2H3/p+1. The predicted octanol–water partition coefficient (Wildman–Crippen LogP) is 1.14. The molecule has 36 valence electrons. The molecule has 0 saturated heterocycles. The van der Waals surface area contributed by atoms with Crippen LogP contribution in [0.2, 0.25) is 0 Å². The molecule has 0 aliphatic rings. The van der Waals surface area contributed by atoms with Crippen molar-refractivity contribution in [3.8, 4) is 0 Å². The van der Waals surface area contributed by atoms with E-state index >= 15 is 0 Å². The molecule has 0 spiro atoms. The van der Waals surface area contributed by atoms with Gasteiger partial charge in [-0.1, -0.05) is 4.67 Å². The van der Waals surface area contributed by atoms with Gasteiger partial charge in [-0.2, -0.15) is 0 Å². The fourth-order valence-electron chi connectivity index (χ4n) is 0. The van der Waals surface area contributed by atoms with E-state index in [2.05, 4.69) is 12.2 Å². The second-order valence-corrected chi connectivity index (χ2v) is 3.43. The first kappa shape index (κ1) is 6.41. The van der Waals surface area contributed by atoms with E-state index < -0.39 is 7.15 Å². The Morgan fingerprint density at radius 2 is 1.83 bits per heavy atom. The highest BCUT2D eigenvalue weighted by atomic mass is 32.7. The molecule has 0 amide bonds. The molecule has 1 atom stereocenters. The molecule has 0 radical (unpaired) electrons. The second-order valence-electron chi connectivity index (χ2n) is 1.10. The monoisotopic (exact) mass is 124 g/mol. The molecular weight excluding hydrogens is 117 g/mol. The van der Waals surface area contributed by atoms with Crippen LogP contribution in [-0.2, 0) is 4.57 Å². The van der Waals surface area contributed by atoms with Crippen LogP contribution in [-0.4, -0.2) is 18.8 Å². The van der Waals surface area contributed by atoms with Gasteiger partial charge >= 0.3 is 7.15 Å². The van der Waals surface area contributed by atoms with Gasteiger partial charge in [-0.05, 0) is 4.57 Å². The van der Waals surface area contributed by atoms with Gasteiger partial charge in [0.1, 0.15) is 12.2 Å². The summed E-state index contributed by atoms with van der Waals surface area (Å²) in [5.41, 5.74) is 0. The Kier molecular flexibility index (Phi) is 2.74. The number of hydrogen-bond acceptors (Lipinski definition) is 1. The molecule has 1 unspecified atom stereocenters. The number of hydrogen-bond donors (Lipinski definition) is 1. The molecule has 0 heterocycles. The molecule has 0 aromatic heterocycles. The zero-order chi connectivity index (χ0) is 5.15. The van der Waals surface area contributed by atoms with Crippen LogP contribution < -0.4 is 0 Å². The molecule has 0 bridgehead atoms. The Hall–Kier alpha value is 0.410. The quantitative estimate of drug-likeness (QED) is 0.417. The largest absolute Gasteiger partial charge is 0.506 e. The maximum absolute atomic E-state index is 10.1. The highest BCUT2D eigenvalue weighted by Gasteiger charge is 2.09. The van der Waals surface area contributed by atoms with Crippen molar-refractivity contribution in [2.75, 3.05) is 14.1 Å². The van der Waals surface area contributed by atoms with Gasteiger partial charge in [0.15, 0.2) is 0 Å².